The third kappa shape index (κ3) is 5.29. The van der Waals surface area contributed by atoms with Gasteiger partial charge in [0.1, 0.15) is 5.75 Å². The lowest BCUT2D eigenvalue weighted by atomic mass is 10.00. The fourth-order valence-corrected chi connectivity index (χ4v) is 2.59. The third-order valence-electron chi connectivity index (χ3n) is 3.89. The Kier molecular flexibility index (Phi) is 7.68. The van der Waals surface area contributed by atoms with Crippen LogP contribution >= 0.6 is 0 Å². The Morgan fingerprint density at radius 3 is 2.57 bits per heavy atom. The first-order chi connectivity index (χ1) is 10.0. The molecule has 120 valence electrons. The van der Waals surface area contributed by atoms with Gasteiger partial charge in [0.25, 0.3) is 0 Å². The largest absolute Gasteiger partial charge is 0.496 e. The number of hydrogen-bond donors (Lipinski definition) is 1. The lowest BCUT2D eigenvalue weighted by molar-refractivity contribution is 0.100. The normalized spacial score (nSPS) is 14.0. The number of aryl methyl sites for hydroxylation is 1. The summed E-state index contributed by atoms with van der Waals surface area (Å²) in [5.41, 5.74) is 3.34. The highest BCUT2D eigenvalue weighted by atomic mass is 16.5. The molecule has 0 spiro atoms. The average Bonchev–Trinajstić information content (AvgIpc) is 2.47. The molecule has 0 aliphatic carbocycles. The molecule has 21 heavy (non-hydrogen) atoms. The maximum absolute atomic E-state index is 5.50. The molecule has 1 heterocycles. The van der Waals surface area contributed by atoms with Gasteiger partial charge >= 0.3 is 0 Å². The first-order valence-electron chi connectivity index (χ1n) is 7.78. The highest BCUT2D eigenvalue weighted by Crippen LogP contribution is 2.25. The number of hydrogen-bond acceptors (Lipinski definition) is 4. The molecule has 4 heteroatoms. The summed E-state index contributed by atoms with van der Waals surface area (Å²) < 4.78 is 10.9. The van der Waals surface area contributed by atoms with Gasteiger partial charge in [-0.3, -0.25) is 4.98 Å². The SMILES string of the molecule is CCCNC(Cc1ncc(C)c(OC)c1C)CC(C)OC. The van der Waals surface area contributed by atoms with Crippen LogP contribution in [0.1, 0.15) is 43.5 Å². The standard InChI is InChI=1S/C17H30N2O2/c1-7-8-18-15(9-13(3)20-5)10-16-14(4)17(21-6)12(2)11-19-16/h11,13,15,18H,7-10H2,1-6H3. The van der Waals surface area contributed by atoms with E-state index in [1.807, 2.05) is 13.1 Å². The molecule has 0 amide bonds. The van der Waals surface area contributed by atoms with E-state index in [1.165, 1.54) is 0 Å². The predicted octanol–water partition coefficient (Wildman–Crippen LogP) is 3.04. The van der Waals surface area contributed by atoms with E-state index < -0.39 is 0 Å². The molecule has 1 N–H and O–H groups in total. The second-order valence-electron chi connectivity index (χ2n) is 5.68. The second kappa shape index (κ2) is 9.00. The van der Waals surface area contributed by atoms with Gasteiger partial charge in [-0.15, -0.1) is 0 Å². The smallest absolute Gasteiger partial charge is 0.128 e. The summed E-state index contributed by atoms with van der Waals surface area (Å²) in [6.07, 6.45) is 5.15. The Morgan fingerprint density at radius 2 is 2.00 bits per heavy atom. The first-order valence-corrected chi connectivity index (χ1v) is 7.78. The molecule has 2 atom stereocenters. The molecule has 0 bridgehead atoms. The number of nitrogens with zero attached hydrogens (tertiary/aromatic N) is 1. The molecule has 1 aromatic heterocycles. The first kappa shape index (κ1) is 17.9. The quantitative estimate of drug-likeness (QED) is 0.760. The van der Waals surface area contributed by atoms with Crippen molar-refractivity contribution < 1.29 is 9.47 Å². The van der Waals surface area contributed by atoms with Crippen LogP contribution in [0.5, 0.6) is 5.75 Å². The van der Waals surface area contributed by atoms with Gasteiger partial charge in [-0.25, -0.2) is 0 Å². The lowest BCUT2D eigenvalue weighted by Gasteiger charge is -2.22. The van der Waals surface area contributed by atoms with Gasteiger partial charge in [0.05, 0.1) is 13.2 Å². The second-order valence-corrected chi connectivity index (χ2v) is 5.68. The summed E-state index contributed by atoms with van der Waals surface area (Å²) in [6.45, 7) is 9.43. The van der Waals surface area contributed by atoms with Crippen LogP contribution in [0, 0.1) is 13.8 Å². The molecule has 0 aliphatic heterocycles. The minimum absolute atomic E-state index is 0.243. The molecule has 0 aromatic carbocycles. The maximum Gasteiger partial charge on any atom is 0.128 e. The zero-order valence-corrected chi connectivity index (χ0v) is 14.3. The van der Waals surface area contributed by atoms with Crippen LogP contribution in [0.4, 0.5) is 0 Å². The number of aromatic nitrogens is 1. The van der Waals surface area contributed by atoms with Gasteiger partial charge in [0.15, 0.2) is 0 Å². The zero-order valence-electron chi connectivity index (χ0n) is 14.3. The van der Waals surface area contributed by atoms with Crippen molar-refractivity contribution in [1.29, 1.82) is 0 Å². The molecule has 0 saturated carbocycles. The minimum atomic E-state index is 0.243. The van der Waals surface area contributed by atoms with Gasteiger partial charge in [0, 0.05) is 42.6 Å². The van der Waals surface area contributed by atoms with Crippen molar-refractivity contribution in [2.75, 3.05) is 20.8 Å². The van der Waals surface area contributed by atoms with Crippen LogP contribution < -0.4 is 10.1 Å². The van der Waals surface area contributed by atoms with Crippen LogP contribution in [0.15, 0.2) is 6.20 Å². The predicted molar refractivity (Wildman–Crippen MR) is 87.1 cm³/mol. The number of pyridine rings is 1. The number of ether oxygens (including phenoxy) is 2. The van der Waals surface area contributed by atoms with E-state index in [0.29, 0.717) is 6.04 Å². The fraction of sp³-hybridized carbons (Fsp3) is 0.706. The molecule has 0 saturated heterocycles. The van der Waals surface area contributed by atoms with Crippen LogP contribution in [0.25, 0.3) is 0 Å². The number of nitrogens with one attached hydrogen (secondary N) is 1. The Hall–Kier alpha value is -1.13. The Labute approximate surface area is 129 Å². The Balaban J connectivity index is 2.86. The molecule has 0 fully saturated rings. The molecular weight excluding hydrogens is 264 g/mol. The monoisotopic (exact) mass is 294 g/mol. The maximum atomic E-state index is 5.50. The highest BCUT2D eigenvalue weighted by molar-refractivity contribution is 5.41. The zero-order chi connectivity index (χ0) is 15.8. The van der Waals surface area contributed by atoms with Gasteiger partial charge in [-0.2, -0.15) is 0 Å². The molecule has 0 aliphatic rings. The van der Waals surface area contributed by atoms with Crippen molar-refractivity contribution >= 4 is 0 Å². The van der Waals surface area contributed by atoms with Crippen LogP contribution in [-0.2, 0) is 11.2 Å². The molecule has 0 radical (unpaired) electrons. The van der Waals surface area contributed by atoms with Gasteiger partial charge in [0.2, 0.25) is 0 Å². The summed E-state index contributed by atoms with van der Waals surface area (Å²) in [7, 11) is 3.48. The van der Waals surface area contributed by atoms with Crippen LogP contribution in [0.3, 0.4) is 0 Å². The van der Waals surface area contributed by atoms with Crippen molar-refractivity contribution in [3.05, 3.63) is 23.0 Å². The highest BCUT2D eigenvalue weighted by Gasteiger charge is 2.17. The molecule has 1 rings (SSSR count). The van der Waals surface area contributed by atoms with Crippen LogP contribution in [0.2, 0.25) is 0 Å². The minimum Gasteiger partial charge on any atom is -0.496 e. The van der Waals surface area contributed by atoms with Crippen molar-refractivity contribution in [3.8, 4) is 5.75 Å². The van der Waals surface area contributed by atoms with E-state index in [4.69, 9.17) is 9.47 Å². The molecule has 4 nitrogen and oxygen atoms in total. The summed E-state index contributed by atoms with van der Waals surface area (Å²) >= 11 is 0. The van der Waals surface area contributed by atoms with Crippen molar-refractivity contribution in [1.82, 2.24) is 10.3 Å². The van der Waals surface area contributed by atoms with E-state index in [2.05, 4.69) is 31.1 Å². The van der Waals surface area contributed by atoms with Gasteiger partial charge < -0.3 is 14.8 Å². The molecular formula is C17H30N2O2. The van der Waals surface area contributed by atoms with E-state index in [-0.39, 0.29) is 6.10 Å². The lowest BCUT2D eigenvalue weighted by Crippen LogP contribution is -2.35. The van der Waals surface area contributed by atoms with Crippen molar-refractivity contribution in [2.45, 2.75) is 59.1 Å². The number of rotatable bonds is 9. The average molecular weight is 294 g/mol. The summed E-state index contributed by atoms with van der Waals surface area (Å²) in [5, 5.41) is 3.60. The van der Waals surface area contributed by atoms with E-state index in [1.54, 1.807) is 14.2 Å². The van der Waals surface area contributed by atoms with E-state index in [9.17, 15) is 0 Å². The summed E-state index contributed by atoms with van der Waals surface area (Å²) in [5.74, 6) is 0.953. The molecule has 1 aromatic rings. The van der Waals surface area contributed by atoms with Gasteiger partial charge in [-0.05, 0) is 40.2 Å². The summed E-state index contributed by atoms with van der Waals surface area (Å²) in [6, 6.07) is 0.374. The molecule has 2 unspecified atom stereocenters. The summed E-state index contributed by atoms with van der Waals surface area (Å²) in [4.78, 5) is 4.61. The number of methoxy groups -OCH3 is 2. The Bertz CT molecular complexity index is 435. The third-order valence-corrected chi connectivity index (χ3v) is 3.89. The fourth-order valence-electron chi connectivity index (χ4n) is 2.59. The van der Waals surface area contributed by atoms with Crippen LogP contribution in [-0.4, -0.2) is 37.9 Å². The van der Waals surface area contributed by atoms with E-state index in [0.717, 1.165) is 48.4 Å². The van der Waals surface area contributed by atoms with Crippen molar-refractivity contribution in [2.24, 2.45) is 0 Å². The van der Waals surface area contributed by atoms with E-state index >= 15 is 0 Å². The van der Waals surface area contributed by atoms with Gasteiger partial charge in [-0.1, -0.05) is 6.92 Å². The topological polar surface area (TPSA) is 43.4 Å². The Morgan fingerprint density at radius 1 is 1.29 bits per heavy atom. The van der Waals surface area contributed by atoms with Crippen molar-refractivity contribution in [3.63, 3.8) is 0 Å².